The van der Waals surface area contributed by atoms with Gasteiger partial charge in [-0.3, -0.25) is 14.5 Å². The summed E-state index contributed by atoms with van der Waals surface area (Å²) in [5.41, 5.74) is 12.1. The Labute approximate surface area is 132 Å². The first kappa shape index (κ1) is 15.8. The van der Waals surface area contributed by atoms with Gasteiger partial charge in [0.05, 0.1) is 16.6 Å². The number of carbonyl (C=O) groups excluding carboxylic acids is 2. The van der Waals surface area contributed by atoms with E-state index in [1.165, 1.54) is 0 Å². The predicted molar refractivity (Wildman–Crippen MR) is 84.7 cm³/mol. The minimum absolute atomic E-state index is 0.0462. The van der Waals surface area contributed by atoms with E-state index in [-0.39, 0.29) is 18.4 Å². The van der Waals surface area contributed by atoms with Crippen LogP contribution in [0.5, 0.6) is 0 Å². The largest absolute Gasteiger partial charge is 0.398 e. The molecular weight excluding hydrogens is 336 g/mol. The Morgan fingerprint density at radius 3 is 2.67 bits per heavy atom. The second kappa shape index (κ2) is 6.91. The fraction of sp³-hybridized carbons (Fsp3) is 0.429. The van der Waals surface area contributed by atoms with Gasteiger partial charge in [-0.1, -0.05) is 6.07 Å². The first-order valence-corrected chi connectivity index (χ1v) is 7.62. The number of nitrogens with two attached hydrogens (primary N) is 2. The van der Waals surface area contributed by atoms with Crippen LogP contribution in [-0.2, 0) is 4.79 Å². The molecule has 2 amide bonds. The zero-order valence-electron chi connectivity index (χ0n) is 11.7. The molecule has 1 aliphatic heterocycles. The third kappa shape index (κ3) is 3.95. The molecule has 0 saturated carbocycles. The average molecular weight is 355 g/mol. The average Bonchev–Trinajstić information content (AvgIpc) is 2.66. The van der Waals surface area contributed by atoms with Crippen LogP contribution in [0.1, 0.15) is 16.8 Å². The molecule has 4 N–H and O–H groups in total. The maximum Gasteiger partial charge on any atom is 0.255 e. The van der Waals surface area contributed by atoms with Crippen LogP contribution in [-0.4, -0.2) is 54.3 Å². The van der Waals surface area contributed by atoms with Gasteiger partial charge in [-0.15, -0.1) is 0 Å². The molecule has 0 aliphatic carbocycles. The molecule has 6 nitrogen and oxygen atoms in total. The summed E-state index contributed by atoms with van der Waals surface area (Å²) in [5.74, 6) is -0.386. The highest BCUT2D eigenvalue weighted by Gasteiger charge is 2.22. The van der Waals surface area contributed by atoms with Crippen LogP contribution in [0.15, 0.2) is 22.7 Å². The lowest BCUT2D eigenvalue weighted by Crippen LogP contribution is -2.38. The second-order valence-electron chi connectivity index (χ2n) is 5.10. The molecule has 0 bridgehead atoms. The van der Waals surface area contributed by atoms with E-state index in [1.54, 1.807) is 23.1 Å². The third-order valence-electron chi connectivity index (χ3n) is 3.51. The SMILES string of the molecule is NC(=O)CN1CCCN(C(=O)c2cccc(N)c2Br)CC1. The van der Waals surface area contributed by atoms with Crippen molar-refractivity contribution >= 4 is 33.4 Å². The molecule has 1 aromatic rings. The van der Waals surface area contributed by atoms with Crippen LogP contribution in [0, 0.1) is 0 Å². The number of halogens is 1. The Bertz CT molecular complexity index is 550. The molecule has 2 rings (SSSR count). The van der Waals surface area contributed by atoms with E-state index in [4.69, 9.17) is 11.5 Å². The first-order valence-electron chi connectivity index (χ1n) is 6.83. The van der Waals surface area contributed by atoms with E-state index in [9.17, 15) is 9.59 Å². The van der Waals surface area contributed by atoms with E-state index in [0.717, 1.165) is 13.0 Å². The number of hydrogen-bond acceptors (Lipinski definition) is 4. The Morgan fingerprint density at radius 1 is 1.19 bits per heavy atom. The molecule has 7 heteroatoms. The summed E-state index contributed by atoms with van der Waals surface area (Å²) in [5, 5.41) is 0. The normalized spacial score (nSPS) is 16.5. The van der Waals surface area contributed by atoms with Crippen molar-refractivity contribution in [3.63, 3.8) is 0 Å². The number of rotatable bonds is 3. The van der Waals surface area contributed by atoms with Gasteiger partial charge in [-0.05, 0) is 34.5 Å². The molecule has 1 fully saturated rings. The molecular formula is C14H19BrN4O2. The lowest BCUT2D eigenvalue weighted by Gasteiger charge is -2.22. The number of anilines is 1. The molecule has 1 heterocycles. The molecule has 114 valence electrons. The van der Waals surface area contributed by atoms with Crippen LogP contribution < -0.4 is 11.5 Å². The van der Waals surface area contributed by atoms with Gasteiger partial charge in [-0.2, -0.15) is 0 Å². The number of benzene rings is 1. The van der Waals surface area contributed by atoms with Gasteiger partial charge in [0.15, 0.2) is 0 Å². The summed E-state index contributed by atoms with van der Waals surface area (Å²) in [7, 11) is 0. The predicted octanol–water partition coefficient (Wildman–Crippen LogP) is 0.665. The van der Waals surface area contributed by atoms with Crippen molar-refractivity contribution in [2.45, 2.75) is 6.42 Å². The standard InChI is InChI=1S/C14H19BrN4O2/c15-13-10(3-1-4-11(13)16)14(21)19-6-2-5-18(7-8-19)9-12(17)20/h1,3-4H,2,5-9,16H2,(H2,17,20). The highest BCUT2D eigenvalue weighted by atomic mass is 79.9. The molecule has 0 aromatic heterocycles. The fourth-order valence-corrected chi connectivity index (χ4v) is 2.87. The lowest BCUT2D eigenvalue weighted by atomic mass is 10.1. The van der Waals surface area contributed by atoms with Crippen molar-refractivity contribution in [2.75, 3.05) is 38.5 Å². The van der Waals surface area contributed by atoms with Gasteiger partial charge < -0.3 is 16.4 Å². The van der Waals surface area contributed by atoms with Crippen molar-refractivity contribution < 1.29 is 9.59 Å². The van der Waals surface area contributed by atoms with Gasteiger partial charge in [-0.25, -0.2) is 0 Å². The van der Waals surface area contributed by atoms with Crippen LogP contribution in [0.4, 0.5) is 5.69 Å². The number of amides is 2. The van der Waals surface area contributed by atoms with Gasteiger partial charge in [0, 0.05) is 31.9 Å². The summed E-state index contributed by atoms with van der Waals surface area (Å²) >= 11 is 3.37. The van der Waals surface area contributed by atoms with Gasteiger partial charge in [0.1, 0.15) is 0 Å². The zero-order chi connectivity index (χ0) is 15.4. The minimum Gasteiger partial charge on any atom is -0.398 e. The highest BCUT2D eigenvalue weighted by Crippen LogP contribution is 2.25. The number of primary amides is 1. The van der Waals surface area contributed by atoms with Gasteiger partial charge in [0.25, 0.3) is 5.91 Å². The number of hydrogen-bond donors (Lipinski definition) is 2. The second-order valence-corrected chi connectivity index (χ2v) is 5.89. The fourth-order valence-electron chi connectivity index (χ4n) is 2.44. The van der Waals surface area contributed by atoms with Crippen molar-refractivity contribution in [3.8, 4) is 0 Å². The maximum absolute atomic E-state index is 12.6. The van der Waals surface area contributed by atoms with Crippen LogP contribution >= 0.6 is 15.9 Å². The van der Waals surface area contributed by atoms with E-state index in [0.29, 0.717) is 35.4 Å². The van der Waals surface area contributed by atoms with Crippen LogP contribution in [0.2, 0.25) is 0 Å². The topological polar surface area (TPSA) is 92.7 Å². The molecule has 0 atom stereocenters. The monoisotopic (exact) mass is 354 g/mol. The molecule has 21 heavy (non-hydrogen) atoms. The molecule has 1 aliphatic rings. The lowest BCUT2D eigenvalue weighted by molar-refractivity contribution is -0.119. The molecule has 0 unspecified atom stereocenters. The highest BCUT2D eigenvalue weighted by molar-refractivity contribution is 9.10. The molecule has 0 spiro atoms. The van der Waals surface area contributed by atoms with Crippen molar-refractivity contribution in [2.24, 2.45) is 5.73 Å². The van der Waals surface area contributed by atoms with E-state index >= 15 is 0 Å². The minimum atomic E-state index is -0.339. The van der Waals surface area contributed by atoms with Crippen LogP contribution in [0.25, 0.3) is 0 Å². The van der Waals surface area contributed by atoms with E-state index < -0.39 is 0 Å². The van der Waals surface area contributed by atoms with Crippen molar-refractivity contribution in [1.82, 2.24) is 9.80 Å². The summed E-state index contributed by atoms with van der Waals surface area (Å²) in [6, 6.07) is 5.28. The van der Waals surface area contributed by atoms with E-state index in [2.05, 4.69) is 15.9 Å². The molecule has 1 saturated heterocycles. The van der Waals surface area contributed by atoms with Gasteiger partial charge in [0.2, 0.25) is 5.91 Å². The summed E-state index contributed by atoms with van der Waals surface area (Å²) < 4.78 is 0.633. The quantitative estimate of drug-likeness (QED) is 0.780. The van der Waals surface area contributed by atoms with E-state index in [1.807, 2.05) is 4.90 Å². The van der Waals surface area contributed by atoms with Gasteiger partial charge >= 0.3 is 0 Å². The number of nitrogen functional groups attached to an aromatic ring is 1. The molecule has 1 aromatic carbocycles. The maximum atomic E-state index is 12.6. The smallest absolute Gasteiger partial charge is 0.255 e. The van der Waals surface area contributed by atoms with Crippen molar-refractivity contribution in [3.05, 3.63) is 28.2 Å². The first-order chi connectivity index (χ1) is 9.99. The molecule has 0 radical (unpaired) electrons. The Balaban J connectivity index is 2.06. The number of nitrogens with zero attached hydrogens (tertiary/aromatic N) is 2. The third-order valence-corrected chi connectivity index (χ3v) is 4.40. The Hall–Kier alpha value is -1.60. The number of carbonyl (C=O) groups is 2. The zero-order valence-corrected chi connectivity index (χ0v) is 13.3. The summed E-state index contributed by atoms with van der Waals surface area (Å²) in [6.45, 7) is 2.89. The Kier molecular flexibility index (Phi) is 5.19. The summed E-state index contributed by atoms with van der Waals surface area (Å²) in [4.78, 5) is 27.3. The van der Waals surface area contributed by atoms with Crippen LogP contribution in [0.3, 0.4) is 0 Å². The van der Waals surface area contributed by atoms with Crippen molar-refractivity contribution in [1.29, 1.82) is 0 Å². The Morgan fingerprint density at radius 2 is 1.95 bits per heavy atom. The summed E-state index contributed by atoms with van der Waals surface area (Å²) in [6.07, 6.45) is 0.818.